The van der Waals surface area contributed by atoms with Crippen LogP contribution in [0, 0.1) is 27.7 Å². The van der Waals surface area contributed by atoms with Gasteiger partial charge in [-0.15, -0.1) is 0 Å². The number of nitrogens with zero attached hydrogens (tertiary/aromatic N) is 1. The Balaban J connectivity index is 2.85. The summed E-state index contributed by atoms with van der Waals surface area (Å²) in [6.07, 6.45) is 2.39. The number of hydrogen-bond donors (Lipinski definition) is 1. The minimum Gasteiger partial charge on any atom is -0.387 e. The van der Waals surface area contributed by atoms with Crippen LogP contribution in [-0.2, 0) is 4.79 Å². The lowest BCUT2D eigenvalue weighted by atomic mass is 9.91. The molecule has 1 aliphatic rings. The highest BCUT2D eigenvalue weighted by Gasteiger charge is 2.18. The molecule has 0 aliphatic carbocycles. The van der Waals surface area contributed by atoms with Crippen molar-refractivity contribution < 1.29 is 4.79 Å². The van der Waals surface area contributed by atoms with Gasteiger partial charge in [0.25, 0.3) is 0 Å². The lowest BCUT2D eigenvalue weighted by Gasteiger charge is -2.15. The van der Waals surface area contributed by atoms with Gasteiger partial charge in [0.1, 0.15) is 5.84 Å². The molecular formula is C16H20N2O. The van der Waals surface area contributed by atoms with E-state index in [1.807, 2.05) is 6.08 Å². The van der Waals surface area contributed by atoms with Gasteiger partial charge in [-0.1, -0.05) is 0 Å². The third-order valence-corrected chi connectivity index (χ3v) is 4.10. The second-order valence-corrected chi connectivity index (χ2v) is 5.27. The molecule has 0 saturated heterocycles. The molecular weight excluding hydrogens is 236 g/mol. The topological polar surface area (TPSA) is 55.5 Å². The molecule has 1 aromatic rings. The number of carbonyl (C=O) groups excluding carboxylic acids is 1. The maximum Gasteiger partial charge on any atom is 0.156 e. The van der Waals surface area contributed by atoms with Crippen LogP contribution in [0.25, 0.3) is 6.08 Å². The van der Waals surface area contributed by atoms with Gasteiger partial charge < -0.3 is 5.73 Å². The van der Waals surface area contributed by atoms with Gasteiger partial charge in [0, 0.05) is 17.6 Å². The SMILES string of the molecule is CC(=O)C1=Cc2c(C)c(C)c(C)c(C)c2N=C(N)C1. The van der Waals surface area contributed by atoms with Crippen molar-refractivity contribution in [1.82, 2.24) is 0 Å². The van der Waals surface area contributed by atoms with E-state index < -0.39 is 0 Å². The molecule has 0 amide bonds. The van der Waals surface area contributed by atoms with Crippen molar-refractivity contribution in [1.29, 1.82) is 0 Å². The molecule has 1 aliphatic heterocycles. The normalized spacial score (nSPS) is 14.4. The number of amidine groups is 1. The van der Waals surface area contributed by atoms with Crippen LogP contribution in [0.15, 0.2) is 10.6 Å². The summed E-state index contributed by atoms with van der Waals surface area (Å²) in [5, 5.41) is 0. The second kappa shape index (κ2) is 4.65. The smallest absolute Gasteiger partial charge is 0.156 e. The first kappa shape index (κ1) is 13.5. The van der Waals surface area contributed by atoms with Crippen LogP contribution < -0.4 is 5.73 Å². The summed E-state index contributed by atoms with van der Waals surface area (Å²) in [5.41, 5.74) is 13.4. The van der Waals surface area contributed by atoms with Crippen molar-refractivity contribution in [2.24, 2.45) is 10.7 Å². The van der Waals surface area contributed by atoms with Gasteiger partial charge in [0.05, 0.1) is 5.69 Å². The Morgan fingerprint density at radius 1 is 1.11 bits per heavy atom. The third-order valence-electron chi connectivity index (χ3n) is 4.10. The number of hydrogen-bond acceptors (Lipinski definition) is 3. The fourth-order valence-electron chi connectivity index (χ4n) is 2.47. The Morgan fingerprint density at radius 2 is 1.68 bits per heavy atom. The maximum absolute atomic E-state index is 11.7. The monoisotopic (exact) mass is 256 g/mol. The van der Waals surface area contributed by atoms with Gasteiger partial charge in [0.2, 0.25) is 0 Å². The highest BCUT2D eigenvalue weighted by atomic mass is 16.1. The molecule has 2 rings (SSSR count). The van der Waals surface area contributed by atoms with Crippen molar-refractivity contribution in [3.63, 3.8) is 0 Å². The van der Waals surface area contributed by atoms with Crippen LogP contribution in [0.5, 0.6) is 0 Å². The first-order valence-electron chi connectivity index (χ1n) is 6.47. The fraction of sp³-hybridized carbons (Fsp3) is 0.375. The van der Waals surface area contributed by atoms with Gasteiger partial charge in [-0.25, -0.2) is 4.99 Å². The summed E-state index contributed by atoms with van der Waals surface area (Å²) < 4.78 is 0. The largest absolute Gasteiger partial charge is 0.387 e. The molecule has 1 heterocycles. The predicted molar refractivity (Wildman–Crippen MR) is 79.9 cm³/mol. The molecule has 0 fully saturated rings. The zero-order valence-electron chi connectivity index (χ0n) is 12.2. The van der Waals surface area contributed by atoms with Crippen LogP contribution in [0.4, 0.5) is 5.69 Å². The highest BCUT2D eigenvalue weighted by molar-refractivity contribution is 6.06. The molecule has 2 N–H and O–H groups in total. The van der Waals surface area contributed by atoms with E-state index in [9.17, 15) is 4.79 Å². The van der Waals surface area contributed by atoms with E-state index in [0.29, 0.717) is 12.3 Å². The summed E-state index contributed by atoms with van der Waals surface area (Å²) in [7, 11) is 0. The number of fused-ring (bicyclic) bond motifs is 1. The molecule has 0 bridgehead atoms. The summed E-state index contributed by atoms with van der Waals surface area (Å²) >= 11 is 0. The number of nitrogens with two attached hydrogens (primary N) is 1. The molecule has 3 heteroatoms. The Bertz CT molecular complexity index is 637. The van der Waals surface area contributed by atoms with Gasteiger partial charge in [-0.3, -0.25) is 4.79 Å². The highest BCUT2D eigenvalue weighted by Crippen LogP contribution is 2.36. The molecule has 0 radical (unpaired) electrons. The summed E-state index contributed by atoms with van der Waals surface area (Å²) in [4.78, 5) is 16.2. The molecule has 1 aromatic carbocycles. The summed E-state index contributed by atoms with van der Waals surface area (Å²) in [6, 6.07) is 0. The van der Waals surface area contributed by atoms with Crippen LogP contribution in [0.2, 0.25) is 0 Å². The van der Waals surface area contributed by atoms with E-state index in [1.165, 1.54) is 16.7 Å². The van der Waals surface area contributed by atoms with Crippen LogP contribution in [0.3, 0.4) is 0 Å². The number of Topliss-reactive ketones (excluding diaryl/α,β-unsaturated/α-hetero) is 1. The Kier molecular flexibility index (Phi) is 3.31. The number of carbonyl (C=O) groups is 1. The van der Waals surface area contributed by atoms with Crippen molar-refractivity contribution in [3.05, 3.63) is 33.4 Å². The van der Waals surface area contributed by atoms with E-state index in [2.05, 4.69) is 32.7 Å². The van der Waals surface area contributed by atoms with Crippen LogP contribution in [-0.4, -0.2) is 11.6 Å². The predicted octanol–water partition coefficient (Wildman–Crippen LogP) is 3.29. The molecule has 100 valence electrons. The lowest BCUT2D eigenvalue weighted by molar-refractivity contribution is -0.113. The van der Waals surface area contributed by atoms with E-state index in [4.69, 9.17) is 5.73 Å². The first-order valence-corrected chi connectivity index (χ1v) is 6.47. The van der Waals surface area contributed by atoms with Crippen molar-refractivity contribution in [2.75, 3.05) is 0 Å². The first-order chi connectivity index (χ1) is 8.82. The standard InChI is InChI=1S/C16H20N2O/c1-8-9(2)11(4)16-14(10(8)3)6-13(12(5)19)7-15(17)18-16/h6H,7H2,1-5H3,(H2,17,18). The molecule has 0 unspecified atom stereocenters. The van der Waals surface area contributed by atoms with Crippen LogP contribution >= 0.6 is 0 Å². The van der Waals surface area contributed by atoms with Crippen molar-refractivity contribution in [3.8, 4) is 0 Å². The fourth-order valence-corrected chi connectivity index (χ4v) is 2.47. The quantitative estimate of drug-likeness (QED) is 0.838. The van der Waals surface area contributed by atoms with E-state index in [-0.39, 0.29) is 5.78 Å². The summed E-state index contributed by atoms with van der Waals surface area (Å²) in [6.45, 7) is 9.92. The average Bonchev–Trinajstić information content (AvgIpc) is 2.53. The van der Waals surface area contributed by atoms with Crippen molar-refractivity contribution >= 4 is 23.4 Å². The number of benzene rings is 1. The average molecular weight is 256 g/mol. The zero-order valence-corrected chi connectivity index (χ0v) is 12.2. The molecule has 0 spiro atoms. The van der Waals surface area contributed by atoms with E-state index >= 15 is 0 Å². The van der Waals surface area contributed by atoms with Crippen LogP contribution in [0.1, 0.15) is 41.2 Å². The Labute approximate surface area is 114 Å². The number of aliphatic imine (C=N–C) groups is 1. The molecule has 0 aromatic heterocycles. The minimum absolute atomic E-state index is 0.0567. The molecule has 19 heavy (non-hydrogen) atoms. The Hall–Kier alpha value is -1.90. The zero-order chi connectivity index (χ0) is 14.3. The molecule has 0 saturated carbocycles. The third kappa shape index (κ3) is 2.21. The number of ketones is 1. The maximum atomic E-state index is 11.7. The minimum atomic E-state index is 0.0567. The van der Waals surface area contributed by atoms with E-state index in [0.717, 1.165) is 22.4 Å². The van der Waals surface area contributed by atoms with E-state index in [1.54, 1.807) is 6.92 Å². The lowest BCUT2D eigenvalue weighted by Crippen LogP contribution is -2.13. The molecule has 3 nitrogen and oxygen atoms in total. The van der Waals surface area contributed by atoms with Gasteiger partial charge >= 0.3 is 0 Å². The summed E-state index contributed by atoms with van der Waals surface area (Å²) in [5.74, 6) is 0.562. The van der Waals surface area contributed by atoms with Gasteiger partial charge in [0.15, 0.2) is 5.78 Å². The van der Waals surface area contributed by atoms with Crippen molar-refractivity contribution in [2.45, 2.75) is 41.0 Å². The Morgan fingerprint density at radius 3 is 2.26 bits per heavy atom. The number of rotatable bonds is 1. The van der Waals surface area contributed by atoms with Gasteiger partial charge in [-0.05, 0) is 62.9 Å². The second-order valence-electron chi connectivity index (χ2n) is 5.27. The van der Waals surface area contributed by atoms with Gasteiger partial charge in [-0.2, -0.15) is 0 Å². The molecule has 0 atom stereocenters.